The van der Waals surface area contributed by atoms with Gasteiger partial charge in [0, 0.05) is 5.92 Å². The highest BCUT2D eigenvalue weighted by Gasteiger charge is 2.20. The molecule has 1 saturated carbocycles. The van der Waals surface area contributed by atoms with Crippen LogP contribution in [0.2, 0.25) is 0 Å². The molecule has 0 aliphatic heterocycles. The van der Waals surface area contributed by atoms with Crippen LogP contribution in [0.4, 0.5) is 11.5 Å². The predicted octanol–water partition coefficient (Wildman–Crippen LogP) is 1.08. The number of nitrogen functional groups attached to an aromatic ring is 1. The molecule has 1 fully saturated rings. The lowest BCUT2D eigenvalue weighted by molar-refractivity contribution is -0.125. The van der Waals surface area contributed by atoms with Crippen molar-refractivity contribution in [2.45, 2.75) is 32.1 Å². The summed E-state index contributed by atoms with van der Waals surface area (Å²) in [5.74, 6) is 0.561. The van der Waals surface area contributed by atoms with Gasteiger partial charge in [0.2, 0.25) is 5.91 Å². The average molecular weight is 235 g/mol. The Bertz CT molecular complexity index is 389. The number of carbonyl (C=O) groups is 1. The lowest BCUT2D eigenvalue weighted by Crippen LogP contribution is -2.36. The molecule has 0 spiro atoms. The molecule has 6 nitrogen and oxygen atoms in total. The van der Waals surface area contributed by atoms with Crippen molar-refractivity contribution in [3.05, 3.63) is 12.5 Å². The van der Waals surface area contributed by atoms with Crippen molar-refractivity contribution in [1.29, 1.82) is 0 Å². The third-order valence-corrected chi connectivity index (χ3v) is 3.02. The lowest BCUT2D eigenvalue weighted by Gasteiger charge is -2.21. The van der Waals surface area contributed by atoms with Crippen LogP contribution in [0.5, 0.6) is 0 Å². The summed E-state index contributed by atoms with van der Waals surface area (Å²) < 4.78 is 0. The minimum atomic E-state index is 0.0164. The standard InChI is InChI=1S/C11H17N5O/c12-9-6-13-7-14-10(9)15-16-11(17)8-4-2-1-3-5-8/h6-8H,1-5,12H2,(H,16,17)(H,13,14,15). The highest BCUT2D eigenvalue weighted by molar-refractivity contribution is 5.80. The molecule has 1 amide bonds. The second kappa shape index (κ2) is 5.47. The van der Waals surface area contributed by atoms with E-state index in [0.29, 0.717) is 11.5 Å². The molecule has 0 aromatic carbocycles. The second-order valence-electron chi connectivity index (χ2n) is 4.28. The van der Waals surface area contributed by atoms with E-state index in [0.717, 1.165) is 25.7 Å². The maximum Gasteiger partial charge on any atom is 0.241 e. The van der Waals surface area contributed by atoms with Gasteiger partial charge in [-0.05, 0) is 12.8 Å². The fourth-order valence-corrected chi connectivity index (χ4v) is 2.03. The molecular formula is C11H17N5O. The van der Waals surface area contributed by atoms with Crippen LogP contribution in [0.1, 0.15) is 32.1 Å². The van der Waals surface area contributed by atoms with Gasteiger partial charge in [0.1, 0.15) is 6.33 Å². The largest absolute Gasteiger partial charge is 0.394 e. The zero-order chi connectivity index (χ0) is 12.1. The van der Waals surface area contributed by atoms with Gasteiger partial charge >= 0.3 is 0 Å². The molecule has 1 aromatic rings. The van der Waals surface area contributed by atoms with Crippen molar-refractivity contribution in [2.24, 2.45) is 5.92 Å². The Hall–Kier alpha value is -1.85. The summed E-state index contributed by atoms with van der Waals surface area (Å²) in [4.78, 5) is 19.5. The molecule has 0 saturated heterocycles. The Morgan fingerprint density at radius 3 is 2.82 bits per heavy atom. The molecule has 1 aromatic heterocycles. The van der Waals surface area contributed by atoms with Crippen molar-refractivity contribution in [2.75, 3.05) is 11.2 Å². The van der Waals surface area contributed by atoms with E-state index in [1.165, 1.54) is 18.9 Å². The van der Waals surface area contributed by atoms with Crippen molar-refractivity contribution >= 4 is 17.4 Å². The van der Waals surface area contributed by atoms with Crippen molar-refractivity contribution in [3.63, 3.8) is 0 Å². The number of hydrogen-bond acceptors (Lipinski definition) is 5. The number of nitrogens with one attached hydrogen (secondary N) is 2. The SMILES string of the molecule is Nc1cncnc1NNC(=O)C1CCCCC1. The molecule has 17 heavy (non-hydrogen) atoms. The first-order chi connectivity index (χ1) is 8.27. The van der Waals surface area contributed by atoms with Gasteiger partial charge in [-0.25, -0.2) is 9.97 Å². The molecule has 2 rings (SSSR count). The third kappa shape index (κ3) is 3.05. The van der Waals surface area contributed by atoms with Gasteiger partial charge in [0.25, 0.3) is 0 Å². The zero-order valence-electron chi connectivity index (χ0n) is 9.65. The number of rotatable bonds is 3. The Kier molecular flexibility index (Phi) is 3.74. The molecule has 0 unspecified atom stereocenters. The van der Waals surface area contributed by atoms with E-state index in [4.69, 9.17) is 5.73 Å². The molecule has 1 heterocycles. The normalized spacial score (nSPS) is 16.5. The highest BCUT2D eigenvalue weighted by atomic mass is 16.2. The number of hydrazine groups is 1. The molecule has 0 bridgehead atoms. The van der Waals surface area contributed by atoms with Crippen molar-refractivity contribution in [1.82, 2.24) is 15.4 Å². The summed E-state index contributed by atoms with van der Waals surface area (Å²) in [6.07, 6.45) is 8.30. The topological polar surface area (TPSA) is 92.9 Å². The van der Waals surface area contributed by atoms with Gasteiger partial charge in [0.05, 0.1) is 11.9 Å². The maximum absolute atomic E-state index is 11.8. The quantitative estimate of drug-likeness (QED) is 0.682. The van der Waals surface area contributed by atoms with Gasteiger partial charge < -0.3 is 5.73 Å². The van der Waals surface area contributed by atoms with E-state index in [1.807, 2.05) is 0 Å². The molecule has 92 valence electrons. The molecule has 1 aliphatic carbocycles. The maximum atomic E-state index is 11.8. The number of anilines is 2. The van der Waals surface area contributed by atoms with Crippen LogP contribution in [0.25, 0.3) is 0 Å². The van der Waals surface area contributed by atoms with Gasteiger partial charge in [-0.1, -0.05) is 19.3 Å². The van der Waals surface area contributed by atoms with Gasteiger partial charge in [-0.15, -0.1) is 0 Å². The van der Waals surface area contributed by atoms with E-state index in [2.05, 4.69) is 20.8 Å². The van der Waals surface area contributed by atoms with E-state index in [-0.39, 0.29) is 11.8 Å². The minimum absolute atomic E-state index is 0.0164. The third-order valence-electron chi connectivity index (χ3n) is 3.02. The molecule has 0 radical (unpaired) electrons. The number of nitrogens with zero attached hydrogens (tertiary/aromatic N) is 2. The molecule has 4 N–H and O–H groups in total. The van der Waals surface area contributed by atoms with Crippen LogP contribution in [-0.4, -0.2) is 15.9 Å². The Balaban J connectivity index is 1.85. The van der Waals surface area contributed by atoms with Crippen LogP contribution in [0.15, 0.2) is 12.5 Å². The van der Waals surface area contributed by atoms with Crippen LogP contribution < -0.4 is 16.6 Å². The number of amides is 1. The van der Waals surface area contributed by atoms with Crippen molar-refractivity contribution in [3.8, 4) is 0 Å². The first-order valence-corrected chi connectivity index (χ1v) is 5.88. The highest BCUT2D eigenvalue weighted by Crippen LogP contribution is 2.23. The minimum Gasteiger partial charge on any atom is -0.394 e. The Morgan fingerprint density at radius 1 is 1.35 bits per heavy atom. The molecule has 0 atom stereocenters. The summed E-state index contributed by atoms with van der Waals surface area (Å²) in [5, 5.41) is 0. The fourth-order valence-electron chi connectivity index (χ4n) is 2.03. The van der Waals surface area contributed by atoms with Gasteiger partial charge in [-0.3, -0.25) is 15.6 Å². The van der Waals surface area contributed by atoms with Crippen LogP contribution in [0, 0.1) is 5.92 Å². The Morgan fingerprint density at radius 2 is 2.12 bits per heavy atom. The van der Waals surface area contributed by atoms with Crippen LogP contribution in [0.3, 0.4) is 0 Å². The summed E-state index contributed by atoms with van der Waals surface area (Å²) in [7, 11) is 0. The summed E-state index contributed by atoms with van der Waals surface area (Å²) in [6, 6.07) is 0. The van der Waals surface area contributed by atoms with E-state index in [1.54, 1.807) is 0 Å². The van der Waals surface area contributed by atoms with E-state index < -0.39 is 0 Å². The zero-order valence-corrected chi connectivity index (χ0v) is 9.65. The van der Waals surface area contributed by atoms with Crippen LogP contribution in [-0.2, 0) is 4.79 Å². The summed E-state index contributed by atoms with van der Waals surface area (Å²) in [5.41, 5.74) is 11.4. The predicted molar refractivity (Wildman–Crippen MR) is 64.8 cm³/mol. The Labute approximate surface area is 100.0 Å². The van der Waals surface area contributed by atoms with Gasteiger partial charge in [0.15, 0.2) is 5.82 Å². The van der Waals surface area contributed by atoms with E-state index in [9.17, 15) is 4.79 Å². The van der Waals surface area contributed by atoms with Crippen LogP contribution >= 0.6 is 0 Å². The fraction of sp³-hybridized carbons (Fsp3) is 0.545. The monoisotopic (exact) mass is 235 g/mol. The van der Waals surface area contributed by atoms with Gasteiger partial charge in [-0.2, -0.15) is 0 Å². The number of carbonyl (C=O) groups excluding carboxylic acids is 1. The van der Waals surface area contributed by atoms with Crippen molar-refractivity contribution < 1.29 is 4.79 Å². The molecule has 1 aliphatic rings. The smallest absolute Gasteiger partial charge is 0.241 e. The second-order valence-corrected chi connectivity index (χ2v) is 4.28. The first kappa shape index (κ1) is 11.6. The summed E-state index contributed by atoms with van der Waals surface area (Å²) >= 11 is 0. The lowest BCUT2D eigenvalue weighted by atomic mass is 9.89. The number of nitrogens with two attached hydrogens (primary N) is 1. The van der Waals surface area contributed by atoms with E-state index >= 15 is 0 Å². The molecular weight excluding hydrogens is 218 g/mol. The number of aromatic nitrogens is 2. The molecule has 6 heteroatoms. The number of hydrogen-bond donors (Lipinski definition) is 3. The summed E-state index contributed by atoms with van der Waals surface area (Å²) in [6.45, 7) is 0. The average Bonchev–Trinajstić information content (AvgIpc) is 2.38. The first-order valence-electron chi connectivity index (χ1n) is 5.88.